The van der Waals surface area contributed by atoms with Crippen LogP contribution in [0.4, 0.5) is 10.1 Å². The molecule has 0 bridgehead atoms. The van der Waals surface area contributed by atoms with E-state index >= 15 is 0 Å². The Balaban J connectivity index is 1.16. The number of fused-ring (bicyclic) bond motifs is 1. The molecule has 8 nitrogen and oxygen atoms in total. The average molecular weight is 537 g/mol. The minimum absolute atomic E-state index is 0.287. The number of H-pyrrole nitrogens is 1. The van der Waals surface area contributed by atoms with Crippen molar-refractivity contribution in [3.8, 4) is 22.8 Å². The number of rotatable bonds is 7. The summed E-state index contributed by atoms with van der Waals surface area (Å²) >= 11 is 0. The van der Waals surface area contributed by atoms with Gasteiger partial charge in [0.25, 0.3) is 5.91 Å². The molecule has 9 heteroatoms. The number of ether oxygens (including phenoxy) is 1. The topological polar surface area (TPSA) is 96.0 Å². The SMILES string of the molecule is CC1CCN(Cc2cncc(-c3ccc4[nH]nc(C(=O)Nc5ccc(Oc6ccc(F)cc6)nc5)c4c3)c2)CC1. The Kier molecular flexibility index (Phi) is 7.20. The number of piperidine rings is 1. The fraction of sp³-hybridized carbons (Fsp3) is 0.226. The van der Waals surface area contributed by atoms with Gasteiger partial charge in [-0.15, -0.1) is 0 Å². The number of carbonyl (C=O) groups excluding carboxylic acids is 1. The first-order chi connectivity index (χ1) is 19.5. The molecule has 1 fully saturated rings. The Bertz CT molecular complexity index is 1630. The van der Waals surface area contributed by atoms with Gasteiger partial charge in [0.15, 0.2) is 5.69 Å². The lowest BCUT2D eigenvalue weighted by Crippen LogP contribution is -2.32. The third-order valence-electron chi connectivity index (χ3n) is 7.22. The molecule has 40 heavy (non-hydrogen) atoms. The molecular formula is C31H29FN6O2. The van der Waals surface area contributed by atoms with E-state index in [9.17, 15) is 9.18 Å². The highest BCUT2D eigenvalue weighted by atomic mass is 19.1. The van der Waals surface area contributed by atoms with E-state index in [4.69, 9.17) is 4.74 Å². The summed E-state index contributed by atoms with van der Waals surface area (Å²) in [5, 5.41) is 10.8. The number of carbonyl (C=O) groups is 1. The molecule has 6 rings (SSSR count). The van der Waals surface area contributed by atoms with Crippen LogP contribution in [0.15, 0.2) is 79.3 Å². The lowest BCUT2D eigenvalue weighted by atomic mass is 9.98. The predicted octanol–water partition coefficient (Wildman–Crippen LogP) is 6.44. The van der Waals surface area contributed by atoms with Gasteiger partial charge >= 0.3 is 0 Å². The predicted molar refractivity (Wildman–Crippen MR) is 152 cm³/mol. The third-order valence-corrected chi connectivity index (χ3v) is 7.22. The Morgan fingerprint density at radius 2 is 1.85 bits per heavy atom. The Hall–Kier alpha value is -4.63. The van der Waals surface area contributed by atoms with Crippen molar-refractivity contribution in [1.82, 2.24) is 25.1 Å². The van der Waals surface area contributed by atoms with Crippen molar-refractivity contribution >= 4 is 22.5 Å². The summed E-state index contributed by atoms with van der Waals surface area (Å²) in [4.78, 5) is 24.4. The zero-order valence-corrected chi connectivity index (χ0v) is 22.1. The molecule has 1 aliphatic rings. The van der Waals surface area contributed by atoms with Crippen molar-refractivity contribution in [2.24, 2.45) is 5.92 Å². The van der Waals surface area contributed by atoms with E-state index in [0.29, 0.717) is 17.3 Å². The molecule has 3 aromatic heterocycles. The van der Waals surface area contributed by atoms with Crippen LogP contribution in [0.5, 0.6) is 11.6 Å². The number of nitrogens with zero attached hydrogens (tertiary/aromatic N) is 4. The molecule has 1 saturated heterocycles. The summed E-state index contributed by atoms with van der Waals surface area (Å²) in [6.07, 6.45) is 7.75. The highest BCUT2D eigenvalue weighted by Crippen LogP contribution is 2.27. The van der Waals surface area contributed by atoms with Crippen LogP contribution in [-0.2, 0) is 6.54 Å². The van der Waals surface area contributed by atoms with Crippen LogP contribution in [0, 0.1) is 11.7 Å². The first-order valence-electron chi connectivity index (χ1n) is 13.4. The van der Waals surface area contributed by atoms with Gasteiger partial charge in [0.05, 0.1) is 17.4 Å². The fourth-order valence-electron chi connectivity index (χ4n) is 4.91. The molecule has 0 unspecified atom stereocenters. The zero-order valence-electron chi connectivity index (χ0n) is 22.1. The average Bonchev–Trinajstić information content (AvgIpc) is 3.40. The van der Waals surface area contributed by atoms with Gasteiger partial charge in [-0.25, -0.2) is 9.37 Å². The summed E-state index contributed by atoms with van der Waals surface area (Å²) < 4.78 is 18.7. The number of nitrogens with one attached hydrogen (secondary N) is 2. The van der Waals surface area contributed by atoms with E-state index in [1.54, 1.807) is 12.1 Å². The fourth-order valence-corrected chi connectivity index (χ4v) is 4.91. The second kappa shape index (κ2) is 11.2. The second-order valence-electron chi connectivity index (χ2n) is 10.3. The number of likely N-dealkylation sites (tertiary alicyclic amines) is 1. The summed E-state index contributed by atoms with van der Waals surface area (Å²) in [7, 11) is 0. The Morgan fingerprint density at radius 3 is 2.62 bits per heavy atom. The number of aromatic nitrogens is 4. The smallest absolute Gasteiger partial charge is 0.276 e. The third kappa shape index (κ3) is 5.84. The van der Waals surface area contributed by atoms with E-state index in [0.717, 1.165) is 47.6 Å². The number of amides is 1. The molecule has 0 saturated carbocycles. The van der Waals surface area contributed by atoms with Gasteiger partial charge in [-0.05, 0) is 91.5 Å². The van der Waals surface area contributed by atoms with Gasteiger partial charge in [-0.3, -0.25) is 19.8 Å². The number of halogens is 1. The standard InChI is InChI=1S/C31H29FN6O2/c1-20-10-12-38(13-11-20)19-21-14-23(17-33-16-21)22-2-8-28-27(15-22)30(37-36-28)31(39)35-25-5-9-29(34-18-25)40-26-6-3-24(32)4-7-26/h2-9,14-18,20H,10-13,19H2,1H3,(H,35,39)(H,36,37). The molecule has 1 amide bonds. The van der Waals surface area contributed by atoms with E-state index in [-0.39, 0.29) is 17.4 Å². The first kappa shape index (κ1) is 25.6. The van der Waals surface area contributed by atoms with E-state index in [1.807, 2.05) is 30.6 Å². The molecule has 0 atom stereocenters. The number of anilines is 1. The number of hydrogen-bond donors (Lipinski definition) is 2. The molecule has 2 aromatic carbocycles. The maximum absolute atomic E-state index is 13.1. The van der Waals surface area contributed by atoms with Crippen LogP contribution in [-0.4, -0.2) is 44.1 Å². The van der Waals surface area contributed by atoms with Crippen molar-refractivity contribution in [1.29, 1.82) is 0 Å². The van der Waals surface area contributed by atoms with Crippen molar-refractivity contribution in [2.75, 3.05) is 18.4 Å². The number of benzene rings is 2. The normalized spacial score (nSPS) is 14.3. The van der Waals surface area contributed by atoms with E-state index in [2.05, 4.69) is 43.4 Å². The highest BCUT2D eigenvalue weighted by molar-refractivity contribution is 6.11. The summed E-state index contributed by atoms with van der Waals surface area (Å²) in [5.74, 6) is 0.885. The largest absolute Gasteiger partial charge is 0.439 e. The van der Waals surface area contributed by atoms with Gasteiger partial charge in [0.1, 0.15) is 11.6 Å². The second-order valence-corrected chi connectivity index (χ2v) is 10.3. The highest BCUT2D eigenvalue weighted by Gasteiger charge is 2.18. The maximum atomic E-state index is 13.1. The van der Waals surface area contributed by atoms with Crippen LogP contribution < -0.4 is 10.1 Å². The summed E-state index contributed by atoms with van der Waals surface area (Å²) in [6.45, 7) is 5.44. The zero-order chi connectivity index (χ0) is 27.5. The molecule has 4 heterocycles. The van der Waals surface area contributed by atoms with E-state index in [1.165, 1.54) is 48.9 Å². The van der Waals surface area contributed by atoms with Crippen molar-refractivity contribution in [2.45, 2.75) is 26.3 Å². The minimum Gasteiger partial charge on any atom is -0.439 e. The molecule has 5 aromatic rings. The van der Waals surface area contributed by atoms with Crippen LogP contribution in [0.2, 0.25) is 0 Å². The number of pyridine rings is 2. The van der Waals surface area contributed by atoms with Crippen molar-refractivity contribution < 1.29 is 13.9 Å². The molecule has 0 spiro atoms. The summed E-state index contributed by atoms with van der Waals surface area (Å²) in [5.41, 5.74) is 4.69. The molecule has 0 radical (unpaired) electrons. The van der Waals surface area contributed by atoms with Crippen LogP contribution >= 0.6 is 0 Å². The number of hydrogen-bond acceptors (Lipinski definition) is 6. The maximum Gasteiger partial charge on any atom is 0.276 e. The van der Waals surface area contributed by atoms with Crippen molar-refractivity contribution in [3.05, 3.63) is 96.3 Å². The first-order valence-corrected chi connectivity index (χ1v) is 13.4. The Labute approximate surface area is 231 Å². The molecule has 202 valence electrons. The van der Waals surface area contributed by atoms with Gasteiger partial charge in [0.2, 0.25) is 5.88 Å². The van der Waals surface area contributed by atoms with Crippen LogP contribution in [0.3, 0.4) is 0 Å². The van der Waals surface area contributed by atoms with Gasteiger partial charge in [-0.2, -0.15) is 5.10 Å². The lowest BCUT2D eigenvalue weighted by molar-refractivity contribution is 0.102. The lowest BCUT2D eigenvalue weighted by Gasteiger charge is -2.30. The molecule has 2 N–H and O–H groups in total. The molecule has 0 aliphatic carbocycles. The van der Waals surface area contributed by atoms with Crippen LogP contribution in [0.25, 0.3) is 22.0 Å². The minimum atomic E-state index is -0.358. The molecular weight excluding hydrogens is 507 g/mol. The number of aromatic amines is 1. The monoisotopic (exact) mass is 536 g/mol. The molecule has 1 aliphatic heterocycles. The van der Waals surface area contributed by atoms with Gasteiger partial charge in [-0.1, -0.05) is 13.0 Å². The van der Waals surface area contributed by atoms with E-state index < -0.39 is 0 Å². The van der Waals surface area contributed by atoms with Gasteiger partial charge < -0.3 is 10.1 Å². The van der Waals surface area contributed by atoms with Gasteiger partial charge in [0, 0.05) is 36.0 Å². The summed E-state index contributed by atoms with van der Waals surface area (Å²) in [6, 6.07) is 17.1. The Morgan fingerprint density at radius 1 is 1.02 bits per heavy atom. The quantitative estimate of drug-likeness (QED) is 0.249. The van der Waals surface area contributed by atoms with Crippen molar-refractivity contribution in [3.63, 3.8) is 0 Å². The van der Waals surface area contributed by atoms with Crippen LogP contribution in [0.1, 0.15) is 35.8 Å².